The second-order valence-electron chi connectivity index (χ2n) is 7.79. The Bertz CT molecular complexity index is 919. The molecule has 156 valence electrons. The maximum Gasteiger partial charge on any atom is 0.152 e. The van der Waals surface area contributed by atoms with Gasteiger partial charge in [-0.25, -0.2) is 9.97 Å². The zero-order chi connectivity index (χ0) is 20.8. The quantitative estimate of drug-likeness (QED) is 0.679. The Morgan fingerprint density at radius 2 is 1.93 bits per heavy atom. The first-order chi connectivity index (χ1) is 13.9. The van der Waals surface area contributed by atoms with Crippen LogP contribution in [0.5, 0.6) is 0 Å². The Hall–Kier alpha value is -1.15. The molecule has 1 aromatic heterocycles. The third-order valence-electron chi connectivity index (χ3n) is 6.18. The molecule has 2 aliphatic rings. The maximum absolute atomic E-state index is 9.93. The molecule has 2 aromatic rings. The van der Waals surface area contributed by atoms with Crippen molar-refractivity contribution in [3.05, 3.63) is 39.1 Å². The zero-order valence-corrected chi connectivity index (χ0v) is 18.3. The molecule has 9 heteroatoms. The highest BCUT2D eigenvalue weighted by molar-refractivity contribution is 6.46. The van der Waals surface area contributed by atoms with E-state index in [-0.39, 0.29) is 24.2 Å². The van der Waals surface area contributed by atoms with Crippen molar-refractivity contribution < 1.29 is 9.84 Å². The van der Waals surface area contributed by atoms with Crippen molar-refractivity contribution in [3.8, 4) is 11.3 Å². The Balaban J connectivity index is 1.60. The lowest BCUT2D eigenvalue weighted by Crippen LogP contribution is -2.51. The van der Waals surface area contributed by atoms with Crippen molar-refractivity contribution in [1.82, 2.24) is 9.97 Å². The predicted molar refractivity (Wildman–Crippen MR) is 116 cm³/mol. The van der Waals surface area contributed by atoms with E-state index in [0.717, 1.165) is 25.9 Å². The fraction of sp³-hybridized carbons (Fsp3) is 0.500. The second-order valence-corrected chi connectivity index (χ2v) is 8.99. The number of anilines is 1. The molecule has 0 unspecified atom stereocenters. The van der Waals surface area contributed by atoms with Gasteiger partial charge in [-0.1, -0.05) is 34.8 Å². The van der Waals surface area contributed by atoms with E-state index in [9.17, 15) is 5.11 Å². The monoisotopic (exact) mass is 456 g/mol. The van der Waals surface area contributed by atoms with E-state index in [1.807, 2.05) is 6.92 Å². The van der Waals surface area contributed by atoms with Crippen LogP contribution in [0, 0.1) is 5.41 Å². The van der Waals surface area contributed by atoms with Crippen LogP contribution in [0.15, 0.2) is 18.3 Å². The number of nitrogens with two attached hydrogens (primary N) is 1. The molecule has 3 N–H and O–H groups in total. The van der Waals surface area contributed by atoms with Crippen molar-refractivity contribution in [3.63, 3.8) is 0 Å². The van der Waals surface area contributed by atoms with Gasteiger partial charge in [-0.15, -0.1) is 0 Å². The lowest BCUT2D eigenvalue weighted by Gasteiger charge is -2.41. The minimum Gasteiger partial charge on any atom is -0.390 e. The third-order valence-corrected chi connectivity index (χ3v) is 7.30. The SMILES string of the molecule is C[C@@H]1OCC2(CCN(c3ncc(-c4c(Cl)ccc(Cl)c4Cl)nc3CO)CC2)[C@@H]1N. The van der Waals surface area contributed by atoms with E-state index in [1.165, 1.54) is 0 Å². The lowest BCUT2D eigenvalue weighted by atomic mass is 9.73. The summed E-state index contributed by atoms with van der Waals surface area (Å²) in [6.45, 7) is 4.05. The Labute approximate surface area is 184 Å². The highest BCUT2D eigenvalue weighted by Gasteiger charge is 2.47. The summed E-state index contributed by atoms with van der Waals surface area (Å²) in [6, 6.07) is 3.34. The zero-order valence-electron chi connectivity index (χ0n) is 16.0. The summed E-state index contributed by atoms with van der Waals surface area (Å²) < 4.78 is 5.79. The van der Waals surface area contributed by atoms with Gasteiger partial charge in [-0.3, -0.25) is 0 Å². The third kappa shape index (κ3) is 3.71. The van der Waals surface area contributed by atoms with E-state index >= 15 is 0 Å². The molecular formula is C20H23Cl3N4O2. The number of hydrogen-bond donors (Lipinski definition) is 2. The Morgan fingerprint density at radius 3 is 2.55 bits per heavy atom. The fourth-order valence-electron chi connectivity index (χ4n) is 4.31. The van der Waals surface area contributed by atoms with Gasteiger partial charge in [0.15, 0.2) is 5.82 Å². The van der Waals surface area contributed by atoms with Crippen LogP contribution in [-0.2, 0) is 11.3 Å². The highest BCUT2D eigenvalue weighted by Crippen LogP contribution is 2.43. The van der Waals surface area contributed by atoms with Crippen LogP contribution in [0.25, 0.3) is 11.3 Å². The summed E-state index contributed by atoms with van der Waals surface area (Å²) >= 11 is 18.8. The molecule has 2 fully saturated rings. The van der Waals surface area contributed by atoms with E-state index in [2.05, 4.69) is 14.9 Å². The second kappa shape index (κ2) is 8.17. The molecule has 2 aliphatic heterocycles. The number of rotatable bonds is 3. The largest absolute Gasteiger partial charge is 0.390 e. The van der Waals surface area contributed by atoms with Crippen LogP contribution in [0.1, 0.15) is 25.5 Å². The molecule has 0 radical (unpaired) electrons. The normalized spacial score (nSPS) is 23.7. The van der Waals surface area contributed by atoms with Crippen LogP contribution in [0.3, 0.4) is 0 Å². The minimum absolute atomic E-state index is 0.0184. The summed E-state index contributed by atoms with van der Waals surface area (Å²) in [5, 5.41) is 11.1. The number of aliphatic hydroxyl groups is 1. The molecule has 29 heavy (non-hydrogen) atoms. The van der Waals surface area contributed by atoms with Gasteiger partial charge in [0.1, 0.15) is 5.69 Å². The summed E-state index contributed by atoms with van der Waals surface area (Å²) in [5.74, 6) is 0.668. The minimum atomic E-state index is -0.243. The number of benzene rings is 1. The van der Waals surface area contributed by atoms with Crippen LogP contribution < -0.4 is 10.6 Å². The van der Waals surface area contributed by atoms with Crippen LogP contribution in [0.4, 0.5) is 5.82 Å². The number of ether oxygens (including phenoxy) is 1. The molecule has 0 aliphatic carbocycles. The van der Waals surface area contributed by atoms with Gasteiger partial charge in [-0.05, 0) is 31.9 Å². The molecule has 4 rings (SSSR count). The predicted octanol–water partition coefficient (Wildman–Crippen LogP) is 3.93. The number of piperidine rings is 1. The van der Waals surface area contributed by atoms with Crippen molar-refractivity contribution in [2.45, 2.75) is 38.5 Å². The summed E-state index contributed by atoms with van der Waals surface area (Å²) in [5.41, 5.74) is 7.89. The van der Waals surface area contributed by atoms with E-state index in [0.29, 0.717) is 44.4 Å². The number of nitrogens with zero attached hydrogens (tertiary/aromatic N) is 3. The number of aromatic nitrogens is 2. The molecule has 2 atom stereocenters. The molecular weight excluding hydrogens is 435 g/mol. The smallest absolute Gasteiger partial charge is 0.152 e. The first kappa shape index (κ1) is 21.1. The Kier molecular flexibility index (Phi) is 5.95. The first-order valence-electron chi connectivity index (χ1n) is 9.59. The van der Waals surface area contributed by atoms with E-state index in [4.69, 9.17) is 45.3 Å². The summed E-state index contributed by atoms with van der Waals surface area (Å²) in [4.78, 5) is 11.3. The fourth-order valence-corrected chi connectivity index (χ4v) is 5.03. The van der Waals surface area contributed by atoms with Crippen molar-refractivity contribution in [1.29, 1.82) is 0 Å². The lowest BCUT2D eigenvalue weighted by molar-refractivity contribution is 0.0973. The van der Waals surface area contributed by atoms with Gasteiger partial charge in [-0.2, -0.15) is 0 Å². The Morgan fingerprint density at radius 1 is 1.24 bits per heavy atom. The first-order valence-corrected chi connectivity index (χ1v) is 10.7. The molecule has 1 spiro atoms. The van der Waals surface area contributed by atoms with Gasteiger partial charge in [0.2, 0.25) is 0 Å². The van der Waals surface area contributed by atoms with Crippen LogP contribution in [0.2, 0.25) is 15.1 Å². The molecule has 0 bridgehead atoms. The molecule has 6 nitrogen and oxygen atoms in total. The van der Waals surface area contributed by atoms with Gasteiger partial charge < -0.3 is 20.5 Å². The van der Waals surface area contributed by atoms with E-state index < -0.39 is 0 Å². The van der Waals surface area contributed by atoms with Gasteiger partial charge >= 0.3 is 0 Å². The van der Waals surface area contributed by atoms with Crippen LogP contribution >= 0.6 is 34.8 Å². The molecule has 2 saturated heterocycles. The number of aliphatic hydroxyl groups excluding tert-OH is 1. The molecule has 0 saturated carbocycles. The maximum atomic E-state index is 9.93. The van der Waals surface area contributed by atoms with Gasteiger partial charge in [0, 0.05) is 30.1 Å². The van der Waals surface area contributed by atoms with Crippen molar-refractivity contribution in [2.24, 2.45) is 11.1 Å². The molecule has 1 aromatic carbocycles. The topological polar surface area (TPSA) is 84.5 Å². The van der Waals surface area contributed by atoms with Crippen molar-refractivity contribution in [2.75, 3.05) is 24.6 Å². The molecule has 0 amide bonds. The van der Waals surface area contributed by atoms with E-state index in [1.54, 1.807) is 18.3 Å². The van der Waals surface area contributed by atoms with Crippen LogP contribution in [-0.4, -0.2) is 46.9 Å². The summed E-state index contributed by atoms with van der Waals surface area (Å²) in [6.07, 6.45) is 3.53. The number of hydrogen-bond acceptors (Lipinski definition) is 6. The average molecular weight is 458 g/mol. The average Bonchev–Trinajstić information content (AvgIpc) is 3.00. The standard InChI is InChI=1S/C20H23Cl3N4O2/c1-11-18(24)20(10-29-11)4-6-27(7-5-20)19-15(9-28)26-14(8-25-19)16-12(21)2-3-13(22)17(16)23/h2-3,8,11,18,28H,4-7,9-10,24H2,1H3/t11-,18+/m0/s1. The van der Waals surface area contributed by atoms with Gasteiger partial charge in [0.05, 0.1) is 46.3 Å². The van der Waals surface area contributed by atoms with Crippen molar-refractivity contribution >= 4 is 40.6 Å². The molecule has 3 heterocycles. The summed E-state index contributed by atoms with van der Waals surface area (Å²) in [7, 11) is 0. The highest BCUT2D eigenvalue weighted by atomic mass is 35.5. The number of halogens is 3. The van der Waals surface area contributed by atoms with Gasteiger partial charge in [0.25, 0.3) is 0 Å².